The predicted octanol–water partition coefficient (Wildman–Crippen LogP) is 6.78. The predicted molar refractivity (Wildman–Crippen MR) is 193 cm³/mol. The number of hydrogen-bond donors (Lipinski definition) is 0. The average molecular weight is 668 g/mol. The van der Waals surface area contributed by atoms with Gasteiger partial charge in [0.1, 0.15) is 11.6 Å². The lowest BCUT2D eigenvalue weighted by atomic mass is 9.90. The maximum atomic E-state index is 13.0. The highest BCUT2D eigenvalue weighted by Gasteiger charge is 2.36. The Hall–Kier alpha value is -5.84. The van der Waals surface area contributed by atoms with Crippen molar-refractivity contribution in [2.45, 2.75) is 20.8 Å². The standard InChI is InChI=1S/C39H29N3O6S/c1-22-9-5-10-25-11-6-14-31(34(22)25)40-23(2)27-17-19-29-37-30(20-18-28(36(27)37)24(3)47-21-43)39(48-49(44,45)46-4)42-33-16-8-13-26-12-7-15-32(35(26)33)41-38(29)42/h5-21H,1-4H3/b28-24+,40-23+. The second-order valence-electron chi connectivity index (χ2n) is 11.9. The fourth-order valence-corrected chi connectivity index (χ4v) is 7.43. The Morgan fingerprint density at radius 1 is 0.816 bits per heavy atom. The topological polar surface area (TPSA) is 107 Å². The van der Waals surface area contributed by atoms with Crippen LogP contribution in [-0.2, 0) is 28.3 Å². The molecule has 0 aliphatic carbocycles. The molecule has 0 radical (unpaired) electrons. The van der Waals surface area contributed by atoms with Crippen LogP contribution in [0, 0.1) is 6.92 Å². The van der Waals surface area contributed by atoms with E-state index in [0.29, 0.717) is 50.7 Å². The number of anilines is 1. The molecule has 0 saturated heterocycles. The van der Waals surface area contributed by atoms with E-state index in [2.05, 4.69) is 25.1 Å². The molecule has 0 aromatic heterocycles. The Kier molecular flexibility index (Phi) is 7.09. The van der Waals surface area contributed by atoms with Crippen LogP contribution in [0.5, 0.6) is 0 Å². The molecule has 242 valence electrons. The summed E-state index contributed by atoms with van der Waals surface area (Å²) in [6, 6.07) is 31.3. The Morgan fingerprint density at radius 2 is 1.53 bits per heavy atom. The van der Waals surface area contributed by atoms with Crippen molar-refractivity contribution in [3.63, 3.8) is 0 Å². The summed E-state index contributed by atoms with van der Waals surface area (Å²) in [5.74, 6) is 0.850. The highest BCUT2D eigenvalue weighted by atomic mass is 32.3. The smallest absolute Gasteiger partial charge is 0.433 e. The van der Waals surface area contributed by atoms with Gasteiger partial charge in [0.2, 0.25) is 5.88 Å². The number of benzene rings is 6. The van der Waals surface area contributed by atoms with E-state index in [1.54, 1.807) is 24.0 Å². The van der Waals surface area contributed by atoms with E-state index < -0.39 is 10.4 Å². The minimum Gasteiger partial charge on any atom is -0.433 e. The van der Waals surface area contributed by atoms with E-state index >= 15 is 0 Å². The SMILES string of the molecule is COS(=O)(=O)OC1=c2cc/c(=C(/C)OC=O)c3c(/C(C)=N/c4cccc5cccc(C)c45)ccc(c23)C2=Nc3cccc4cccc(c34)N21. The number of carbonyl (C=O) groups excluding carboxylic acids is 1. The van der Waals surface area contributed by atoms with Gasteiger partial charge in [-0.25, -0.2) is 9.18 Å². The number of hydrogen-bond acceptors (Lipinski definition) is 9. The number of aliphatic imine (C=N–C) groups is 2. The molecule has 0 atom stereocenters. The van der Waals surface area contributed by atoms with Gasteiger partial charge in [-0.15, -0.1) is 0 Å². The third-order valence-corrected chi connectivity index (χ3v) is 9.90. The molecule has 2 heterocycles. The van der Waals surface area contributed by atoms with Crippen molar-refractivity contribution < 1.29 is 26.3 Å². The third-order valence-electron chi connectivity index (χ3n) is 9.13. The van der Waals surface area contributed by atoms with E-state index in [0.717, 1.165) is 56.7 Å². The number of aryl methyl sites for hydroxylation is 1. The second-order valence-corrected chi connectivity index (χ2v) is 13.2. The van der Waals surface area contributed by atoms with Crippen molar-refractivity contribution in [1.29, 1.82) is 0 Å². The van der Waals surface area contributed by atoms with Crippen molar-refractivity contribution in [2.24, 2.45) is 9.98 Å². The first-order valence-electron chi connectivity index (χ1n) is 15.6. The van der Waals surface area contributed by atoms with Gasteiger partial charge in [0.05, 0.1) is 24.2 Å². The summed E-state index contributed by atoms with van der Waals surface area (Å²) >= 11 is 0. The van der Waals surface area contributed by atoms with Gasteiger partial charge >= 0.3 is 10.4 Å². The molecule has 10 heteroatoms. The third kappa shape index (κ3) is 4.79. The normalized spacial score (nSPS) is 14.5. The lowest BCUT2D eigenvalue weighted by Gasteiger charge is -2.35. The van der Waals surface area contributed by atoms with Crippen molar-refractivity contribution in [1.82, 2.24) is 0 Å². The second kappa shape index (κ2) is 11.4. The summed E-state index contributed by atoms with van der Waals surface area (Å²) in [5, 5.41) is 6.41. The molecule has 2 aliphatic rings. The zero-order valence-electron chi connectivity index (χ0n) is 27.0. The summed E-state index contributed by atoms with van der Waals surface area (Å²) in [4.78, 5) is 23.5. The molecule has 0 spiro atoms. The van der Waals surface area contributed by atoms with E-state index in [9.17, 15) is 13.2 Å². The van der Waals surface area contributed by atoms with Gasteiger partial charge in [0, 0.05) is 48.8 Å². The van der Waals surface area contributed by atoms with Crippen LogP contribution >= 0.6 is 0 Å². The van der Waals surface area contributed by atoms with Crippen LogP contribution in [0.1, 0.15) is 30.5 Å². The first-order chi connectivity index (χ1) is 23.7. The van der Waals surface area contributed by atoms with Crippen molar-refractivity contribution >= 4 is 89.4 Å². The van der Waals surface area contributed by atoms with Crippen LogP contribution in [0.4, 0.5) is 17.1 Å². The minimum atomic E-state index is -4.48. The quantitative estimate of drug-likeness (QED) is 0.136. The number of nitrogens with zero attached hydrogens (tertiary/aromatic N) is 3. The average Bonchev–Trinajstić information content (AvgIpc) is 3.10. The molecule has 0 saturated carbocycles. The van der Waals surface area contributed by atoms with Crippen LogP contribution in [-0.4, -0.2) is 33.5 Å². The lowest BCUT2D eigenvalue weighted by molar-refractivity contribution is -0.122. The number of amidine groups is 1. The van der Waals surface area contributed by atoms with Crippen LogP contribution in [0.2, 0.25) is 0 Å². The first kappa shape index (κ1) is 30.5. The summed E-state index contributed by atoms with van der Waals surface area (Å²) in [7, 11) is -3.43. The van der Waals surface area contributed by atoms with Crippen molar-refractivity contribution in [3.05, 3.63) is 124 Å². The summed E-state index contributed by atoms with van der Waals surface area (Å²) in [6.07, 6.45) is 0. The Morgan fingerprint density at radius 3 is 2.29 bits per heavy atom. The Balaban J connectivity index is 1.52. The first-order valence-corrected chi connectivity index (χ1v) is 16.9. The summed E-state index contributed by atoms with van der Waals surface area (Å²) in [5.41, 5.74) is 5.56. The maximum absolute atomic E-state index is 13.0. The molecule has 2 aliphatic heterocycles. The number of ether oxygens (including phenoxy) is 1. The Bertz CT molecular complexity index is 2720. The number of rotatable bonds is 7. The molecule has 0 unspecified atom stereocenters. The van der Waals surface area contributed by atoms with E-state index in [1.807, 2.05) is 73.7 Å². The van der Waals surface area contributed by atoms with Gasteiger partial charge in [0.15, 0.2) is 0 Å². The van der Waals surface area contributed by atoms with E-state index in [1.165, 1.54) is 0 Å². The van der Waals surface area contributed by atoms with Gasteiger partial charge in [-0.3, -0.25) is 14.7 Å². The lowest BCUT2D eigenvalue weighted by Crippen LogP contribution is -2.42. The van der Waals surface area contributed by atoms with Gasteiger partial charge in [-0.05, 0) is 67.4 Å². The van der Waals surface area contributed by atoms with E-state index in [4.69, 9.17) is 23.1 Å². The zero-order valence-corrected chi connectivity index (χ0v) is 27.8. The van der Waals surface area contributed by atoms with Crippen LogP contribution in [0.3, 0.4) is 0 Å². The minimum absolute atomic E-state index is 0.0111. The molecular formula is C39H29N3O6S. The zero-order chi connectivity index (χ0) is 34.0. The maximum Gasteiger partial charge on any atom is 0.450 e. The molecule has 0 fully saturated rings. The fraction of sp³-hybridized carbons (Fsp3) is 0.103. The molecule has 0 amide bonds. The molecule has 8 rings (SSSR count). The molecule has 0 N–H and O–H groups in total. The van der Waals surface area contributed by atoms with Crippen LogP contribution in [0.25, 0.3) is 44.0 Å². The van der Waals surface area contributed by atoms with Gasteiger partial charge in [-0.2, -0.15) is 8.42 Å². The number of carbonyl (C=O) groups is 1. The molecule has 0 bridgehead atoms. The fourth-order valence-electron chi connectivity index (χ4n) is 7.01. The molecule has 49 heavy (non-hydrogen) atoms. The molecule has 6 aromatic rings. The monoisotopic (exact) mass is 667 g/mol. The molecular weight excluding hydrogens is 639 g/mol. The molecule has 9 nitrogen and oxygen atoms in total. The highest BCUT2D eigenvalue weighted by molar-refractivity contribution is 7.82. The van der Waals surface area contributed by atoms with Gasteiger partial charge < -0.3 is 8.92 Å². The van der Waals surface area contributed by atoms with Crippen LogP contribution < -0.4 is 15.3 Å². The number of fused-ring (bicyclic) bond motifs is 4. The molecule has 6 aromatic carbocycles. The summed E-state index contributed by atoms with van der Waals surface area (Å²) < 4.78 is 42.0. The van der Waals surface area contributed by atoms with Crippen molar-refractivity contribution in [3.8, 4) is 0 Å². The van der Waals surface area contributed by atoms with Gasteiger partial charge in [0.25, 0.3) is 6.47 Å². The van der Waals surface area contributed by atoms with E-state index in [-0.39, 0.29) is 5.88 Å². The Labute approximate surface area is 282 Å². The summed E-state index contributed by atoms with van der Waals surface area (Å²) in [6.45, 7) is 6.10. The largest absolute Gasteiger partial charge is 0.450 e. The van der Waals surface area contributed by atoms with Gasteiger partial charge in [-0.1, -0.05) is 66.7 Å². The van der Waals surface area contributed by atoms with Crippen LogP contribution in [0.15, 0.2) is 107 Å². The van der Waals surface area contributed by atoms with Crippen molar-refractivity contribution in [2.75, 3.05) is 12.0 Å². The highest BCUT2D eigenvalue weighted by Crippen LogP contribution is 2.44.